The monoisotopic (exact) mass is 564 g/mol. The van der Waals surface area contributed by atoms with Crippen molar-refractivity contribution in [2.24, 2.45) is 13.0 Å². The van der Waals surface area contributed by atoms with Crippen molar-refractivity contribution in [3.05, 3.63) is 41.6 Å². The molecule has 0 radical (unpaired) electrons. The van der Waals surface area contributed by atoms with Crippen molar-refractivity contribution in [1.29, 1.82) is 0 Å². The molecule has 0 bridgehead atoms. The van der Waals surface area contributed by atoms with Gasteiger partial charge in [0.05, 0.1) is 34.6 Å². The Labute approximate surface area is 235 Å². The zero-order chi connectivity index (χ0) is 28.8. The van der Waals surface area contributed by atoms with Gasteiger partial charge in [-0.25, -0.2) is 19.2 Å². The van der Waals surface area contributed by atoms with Crippen LogP contribution in [0.1, 0.15) is 35.8 Å². The number of fused-ring (bicyclic) bond motifs is 3. The normalized spacial score (nSPS) is 16.7. The third-order valence-corrected chi connectivity index (χ3v) is 7.74. The van der Waals surface area contributed by atoms with Crippen LogP contribution in [0.5, 0.6) is 5.75 Å². The number of ether oxygens (including phenoxy) is 1. The van der Waals surface area contributed by atoms with E-state index in [4.69, 9.17) is 19.8 Å². The minimum absolute atomic E-state index is 0.0622. The maximum absolute atomic E-state index is 13.4. The SMILES string of the molecule is CC(O)COc1cccc2cc(-c3nc4cc5c(nc4n3C)CCN(CC(CF)NC(=O)O)C5=O)n(CC3CC3)c12. The second-order valence-corrected chi connectivity index (χ2v) is 11.1. The summed E-state index contributed by atoms with van der Waals surface area (Å²) >= 11 is 0. The molecule has 2 atom stereocenters. The van der Waals surface area contributed by atoms with Gasteiger partial charge >= 0.3 is 6.09 Å². The zero-order valence-corrected chi connectivity index (χ0v) is 23.0. The summed E-state index contributed by atoms with van der Waals surface area (Å²) in [7, 11) is 1.91. The standard InChI is InChI=1S/C29H33FN6O5/c1-16(37)15-41-24-5-3-4-18-10-23(36(25(18)24)13-17-6-7-17)27-33-22-11-20-21(32-26(22)34(27)2)8-9-35(28(20)38)14-19(12-30)31-29(39)40/h3-5,10-11,16-17,19,31,37H,6-9,12-15H2,1-2H3,(H,39,40). The van der Waals surface area contributed by atoms with Crippen molar-refractivity contribution in [3.63, 3.8) is 0 Å². The first-order chi connectivity index (χ1) is 19.7. The minimum Gasteiger partial charge on any atom is -0.489 e. The molecule has 2 unspecified atom stereocenters. The van der Waals surface area contributed by atoms with E-state index in [1.54, 1.807) is 13.0 Å². The highest BCUT2D eigenvalue weighted by molar-refractivity contribution is 5.99. The molecule has 1 aromatic carbocycles. The zero-order valence-electron chi connectivity index (χ0n) is 23.0. The highest BCUT2D eigenvalue weighted by Crippen LogP contribution is 2.39. The maximum atomic E-state index is 13.4. The Morgan fingerprint density at radius 2 is 2.07 bits per heavy atom. The van der Waals surface area contributed by atoms with Crippen molar-refractivity contribution < 1.29 is 28.9 Å². The number of carbonyl (C=O) groups is 2. The molecule has 2 amide bonds. The number of carbonyl (C=O) groups excluding carboxylic acids is 1. The van der Waals surface area contributed by atoms with Crippen molar-refractivity contribution in [1.82, 2.24) is 29.3 Å². The summed E-state index contributed by atoms with van der Waals surface area (Å²) < 4.78 is 23.6. The predicted octanol–water partition coefficient (Wildman–Crippen LogP) is 3.36. The summed E-state index contributed by atoms with van der Waals surface area (Å²) in [5.41, 5.74) is 4.13. The molecule has 1 aliphatic carbocycles. The Morgan fingerprint density at radius 3 is 2.78 bits per heavy atom. The molecule has 1 fully saturated rings. The van der Waals surface area contributed by atoms with E-state index in [-0.39, 0.29) is 19.1 Å². The number of benzene rings is 1. The van der Waals surface area contributed by atoms with Crippen LogP contribution in [0.25, 0.3) is 33.6 Å². The van der Waals surface area contributed by atoms with Gasteiger partial charge in [0, 0.05) is 38.5 Å². The Morgan fingerprint density at radius 1 is 1.27 bits per heavy atom. The molecular weight excluding hydrogens is 531 g/mol. The number of hydrogen-bond donors (Lipinski definition) is 3. The Hall–Kier alpha value is -4.19. The number of aliphatic hydroxyl groups excluding tert-OH is 1. The number of aliphatic hydroxyl groups is 1. The quantitative estimate of drug-likeness (QED) is 0.269. The fraction of sp³-hybridized carbons (Fsp3) is 0.448. The first-order valence-electron chi connectivity index (χ1n) is 13.9. The molecule has 1 aliphatic heterocycles. The van der Waals surface area contributed by atoms with Crippen LogP contribution in [0.15, 0.2) is 30.3 Å². The van der Waals surface area contributed by atoms with Crippen LogP contribution in [0.4, 0.5) is 9.18 Å². The van der Waals surface area contributed by atoms with Gasteiger partial charge in [-0.15, -0.1) is 0 Å². The van der Waals surface area contributed by atoms with Crippen molar-refractivity contribution in [3.8, 4) is 17.3 Å². The topological polar surface area (TPSA) is 135 Å². The average Bonchev–Trinajstić information content (AvgIpc) is 3.61. The highest BCUT2D eigenvalue weighted by atomic mass is 19.1. The van der Waals surface area contributed by atoms with Crippen LogP contribution >= 0.6 is 0 Å². The minimum atomic E-state index is -1.33. The molecule has 3 N–H and O–H groups in total. The second-order valence-electron chi connectivity index (χ2n) is 11.1. The third-order valence-electron chi connectivity index (χ3n) is 7.74. The molecular formula is C29H33FN6O5. The number of pyridine rings is 1. The number of amides is 2. The lowest BCUT2D eigenvalue weighted by Crippen LogP contribution is -2.48. The molecule has 0 spiro atoms. The largest absolute Gasteiger partial charge is 0.489 e. The van der Waals surface area contributed by atoms with Crippen LogP contribution in [0.2, 0.25) is 0 Å². The van der Waals surface area contributed by atoms with Crippen LogP contribution in [-0.2, 0) is 20.0 Å². The predicted molar refractivity (Wildman–Crippen MR) is 150 cm³/mol. The van der Waals surface area contributed by atoms with Crippen molar-refractivity contribution in [2.45, 2.75) is 44.9 Å². The van der Waals surface area contributed by atoms with E-state index in [9.17, 15) is 19.1 Å². The number of rotatable bonds is 10. The number of para-hydroxylation sites is 1. The third kappa shape index (κ3) is 5.19. The number of aryl methyl sites for hydroxylation is 1. The summed E-state index contributed by atoms with van der Waals surface area (Å²) in [6, 6.07) is 8.71. The van der Waals surface area contributed by atoms with Crippen molar-refractivity contribution >= 4 is 34.1 Å². The van der Waals surface area contributed by atoms with E-state index in [0.717, 1.165) is 36.0 Å². The molecule has 2 aliphatic rings. The fourth-order valence-electron chi connectivity index (χ4n) is 5.56. The number of aromatic nitrogens is 4. The van der Waals surface area contributed by atoms with E-state index in [2.05, 4.69) is 16.0 Å². The molecule has 12 heteroatoms. The van der Waals surface area contributed by atoms with Gasteiger partial charge in [-0.05, 0) is 43.9 Å². The number of alkyl halides is 1. The smallest absolute Gasteiger partial charge is 0.405 e. The van der Waals surface area contributed by atoms with Gasteiger partial charge in [0.2, 0.25) is 0 Å². The summed E-state index contributed by atoms with van der Waals surface area (Å²) in [5, 5.41) is 21.9. The van der Waals surface area contributed by atoms with Gasteiger partial charge in [-0.2, -0.15) is 0 Å². The lowest BCUT2D eigenvalue weighted by molar-refractivity contribution is 0.0712. The average molecular weight is 565 g/mol. The molecule has 41 heavy (non-hydrogen) atoms. The van der Waals surface area contributed by atoms with E-state index in [1.165, 1.54) is 4.90 Å². The highest BCUT2D eigenvalue weighted by Gasteiger charge is 2.31. The molecule has 11 nitrogen and oxygen atoms in total. The molecule has 4 heterocycles. The molecule has 1 saturated carbocycles. The number of carboxylic acid groups (broad SMARTS) is 1. The Bertz CT molecular complexity index is 1640. The summed E-state index contributed by atoms with van der Waals surface area (Å²) in [4.78, 5) is 35.5. The number of halogens is 1. The van der Waals surface area contributed by atoms with Crippen LogP contribution in [0, 0.1) is 5.92 Å². The van der Waals surface area contributed by atoms with Gasteiger partial charge in [0.1, 0.15) is 24.5 Å². The lowest BCUT2D eigenvalue weighted by Gasteiger charge is -2.30. The van der Waals surface area contributed by atoms with Crippen molar-refractivity contribution in [2.75, 3.05) is 26.4 Å². The molecule has 0 saturated heterocycles. The molecule has 4 aromatic rings. The summed E-state index contributed by atoms with van der Waals surface area (Å²) in [6.07, 6.45) is 0.869. The Balaban J connectivity index is 1.39. The lowest BCUT2D eigenvalue weighted by atomic mass is 10.0. The van der Waals surface area contributed by atoms with E-state index >= 15 is 0 Å². The van der Waals surface area contributed by atoms with Gasteiger partial charge in [-0.3, -0.25) is 4.79 Å². The summed E-state index contributed by atoms with van der Waals surface area (Å²) in [5.74, 6) is 1.67. The van der Waals surface area contributed by atoms with Gasteiger partial charge < -0.3 is 34.3 Å². The second kappa shape index (κ2) is 10.7. The van der Waals surface area contributed by atoms with Crippen LogP contribution in [0.3, 0.4) is 0 Å². The maximum Gasteiger partial charge on any atom is 0.405 e. The van der Waals surface area contributed by atoms with E-state index < -0.39 is 24.9 Å². The van der Waals surface area contributed by atoms with Crippen LogP contribution < -0.4 is 10.1 Å². The number of nitrogens with zero attached hydrogens (tertiary/aromatic N) is 5. The molecule has 216 valence electrons. The van der Waals surface area contributed by atoms with Gasteiger partial charge in [0.15, 0.2) is 11.5 Å². The fourth-order valence-corrected chi connectivity index (χ4v) is 5.56. The van der Waals surface area contributed by atoms with E-state index in [1.807, 2.05) is 29.8 Å². The first-order valence-corrected chi connectivity index (χ1v) is 13.9. The summed E-state index contributed by atoms with van der Waals surface area (Å²) in [6.45, 7) is 2.04. The Kier molecular flexibility index (Phi) is 7.02. The first kappa shape index (κ1) is 27.0. The van der Waals surface area contributed by atoms with Gasteiger partial charge in [-0.1, -0.05) is 12.1 Å². The van der Waals surface area contributed by atoms with E-state index in [0.29, 0.717) is 52.9 Å². The molecule has 6 rings (SSSR count). The number of hydrogen-bond acceptors (Lipinski definition) is 6. The number of imidazole rings is 1. The molecule has 3 aromatic heterocycles. The number of nitrogens with one attached hydrogen (secondary N) is 1. The van der Waals surface area contributed by atoms with Crippen LogP contribution in [-0.4, -0.2) is 84.7 Å². The van der Waals surface area contributed by atoms with Gasteiger partial charge in [0.25, 0.3) is 5.91 Å².